The van der Waals surface area contributed by atoms with Crippen molar-refractivity contribution in [2.24, 2.45) is 7.05 Å². The maximum Gasteiger partial charge on any atom is 0.0568 e. The van der Waals surface area contributed by atoms with E-state index in [4.69, 9.17) is 0 Å². The summed E-state index contributed by atoms with van der Waals surface area (Å²) in [7, 11) is 1.95. The highest BCUT2D eigenvalue weighted by atomic mass is 35.5. The summed E-state index contributed by atoms with van der Waals surface area (Å²) in [6.07, 6.45) is 7.86. The van der Waals surface area contributed by atoms with Crippen LogP contribution in [0.25, 0.3) is 11.1 Å². The van der Waals surface area contributed by atoms with Crippen molar-refractivity contribution in [3.63, 3.8) is 0 Å². The van der Waals surface area contributed by atoms with Gasteiger partial charge >= 0.3 is 0 Å². The van der Waals surface area contributed by atoms with Gasteiger partial charge in [-0.1, -0.05) is 30.7 Å². The normalized spacial score (nSPS) is 18.9. The minimum atomic E-state index is 0. The fourth-order valence-electron chi connectivity index (χ4n) is 2.61. The Morgan fingerprint density at radius 1 is 1.16 bits per heavy atom. The number of aryl methyl sites for hydroxylation is 1. The van der Waals surface area contributed by atoms with Crippen LogP contribution in [0.3, 0.4) is 0 Å². The average molecular weight is 278 g/mol. The average Bonchev–Trinajstić information content (AvgIpc) is 2.87. The highest BCUT2D eigenvalue weighted by molar-refractivity contribution is 5.85. The summed E-state index contributed by atoms with van der Waals surface area (Å²) in [6, 6.07) is 9.42. The second-order valence-electron chi connectivity index (χ2n) is 5.03. The maximum atomic E-state index is 4.21. The lowest BCUT2D eigenvalue weighted by Gasteiger charge is -2.23. The van der Waals surface area contributed by atoms with Crippen LogP contribution in [0.1, 0.15) is 30.9 Å². The van der Waals surface area contributed by atoms with Crippen molar-refractivity contribution >= 4 is 12.4 Å². The number of nitrogens with zero attached hydrogens (tertiary/aromatic N) is 2. The molecule has 3 rings (SSSR count). The number of nitrogens with one attached hydrogen (secondary N) is 1. The Labute approximate surface area is 120 Å². The predicted molar refractivity (Wildman–Crippen MR) is 80.5 cm³/mol. The van der Waals surface area contributed by atoms with Crippen LogP contribution in [0, 0.1) is 0 Å². The van der Waals surface area contributed by atoms with E-state index in [0.717, 1.165) is 6.54 Å². The van der Waals surface area contributed by atoms with Crippen LogP contribution in [0.15, 0.2) is 36.7 Å². The van der Waals surface area contributed by atoms with E-state index in [-0.39, 0.29) is 12.4 Å². The largest absolute Gasteiger partial charge is 0.310 e. The van der Waals surface area contributed by atoms with Crippen LogP contribution < -0.4 is 5.32 Å². The van der Waals surface area contributed by atoms with Gasteiger partial charge in [0.1, 0.15) is 0 Å². The van der Waals surface area contributed by atoms with Gasteiger partial charge in [-0.3, -0.25) is 4.68 Å². The Balaban J connectivity index is 0.00000133. The van der Waals surface area contributed by atoms with Crippen LogP contribution in [-0.2, 0) is 7.05 Å². The first-order valence-electron chi connectivity index (χ1n) is 6.65. The molecule has 0 spiro atoms. The predicted octanol–water partition coefficient (Wildman–Crippen LogP) is 3.32. The van der Waals surface area contributed by atoms with Gasteiger partial charge in [-0.15, -0.1) is 12.4 Å². The van der Waals surface area contributed by atoms with Crippen molar-refractivity contribution in [3.05, 3.63) is 42.2 Å². The molecule has 2 heterocycles. The molecule has 1 aromatic carbocycles. The molecule has 0 radical (unpaired) electrons. The number of piperidine rings is 1. The molecule has 0 bridgehead atoms. The van der Waals surface area contributed by atoms with Gasteiger partial charge in [-0.25, -0.2) is 0 Å². The highest BCUT2D eigenvalue weighted by Crippen LogP contribution is 2.25. The quantitative estimate of drug-likeness (QED) is 0.913. The van der Waals surface area contributed by atoms with Crippen LogP contribution in [0.2, 0.25) is 0 Å². The van der Waals surface area contributed by atoms with Gasteiger partial charge in [-0.05, 0) is 30.5 Å². The molecule has 0 saturated carbocycles. The molecule has 19 heavy (non-hydrogen) atoms. The van der Waals surface area contributed by atoms with Gasteiger partial charge < -0.3 is 5.32 Å². The van der Waals surface area contributed by atoms with Crippen molar-refractivity contribution in [1.82, 2.24) is 15.1 Å². The first kappa shape index (κ1) is 14.1. The Morgan fingerprint density at radius 3 is 2.53 bits per heavy atom. The molecule has 1 aliphatic rings. The van der Waals surface area contributed by atoms with E-state index in [0.29, 0.717) is 6.04 Å². The third kappa shape index (κ3) is 3.17. The lowest BCUT2D eigenvalue weighted by Crippen LogP contribution is -2.26. The number of rotatable bonds is 2. The van der Waals surface area contributed by atoms with E-state index in [2.05, 4.69) is 34.7 Å². The van der Waals surface area contributed by atoms with Gasteiger partial charge in [0.05, 0.1) is 6.20 Å². The minimum Gasteiger partial charge on any atom is -0.310 e. The fourth-order valence-corrected chi connectivity index (χ4v) is 2.61. The molecule has 1 saturated heterocycles. The Kier molecular flexibility index (Phi) is 4.61. The standard InChI is InChI=1S/C15H19N3.ClH/c1-18-11-14(10-17-18)12-5-7-13(8-6-12)15-4-2-3-9-16-15;/h5-8,10-11,15-16H,2-4,9H2,1H3;1H. The molecular formula is C15H20ClN3. The summed E-state index contributed by atoms with van der Waals surface area (Å²) in [4.78, 5) is 0. The van der Waals surface area contributed by atoms with Crippen molar-refractivity contribution in [2.75, 3.05) is 6.54 Å². The molecule has 1 atom stereocenters. The smallest absolute Gasteiger partial charge is 0.0568 e. The lowest BCUT2D eigenvalue weighted by atomic mass is 9.96. The van der Waals surface area contributed by atoms with E-state index in [9.17, 15) is 0 Å². The molecule has 102 valence electrons. The summed E-state index contributed by atoms with van der Waals surface area (Å²) < 4.78 is 1.84. The molecule has 2 aromatic rings. The number of hydrogen-bond acceptors (Lipinski definition) is 2. The van der Waals surface area contributed by atoms with Crippen LogP contribution in [-0.4, -0.2) is 16.3 Å². The van der Waals surface area contributed by atoms with Crippen molar-refractivity contribution < 1.29 is 0 Å². The molecule has 1 aliphatic heterocycles. The fraction of sp³-hybridized carbons (Fsp3) is 0.400. The van der Waals surface area contributed by atoms with E-state index < -0.39 is 0 Å². The lowest BCUT2D eigenvalue weighted by molar-refractivity contribution is 0.412. The zero-order valence-corrected chi connectivity index (χ0v) is 12.0. The van der Waals surface area contributed by atoms with Crippen molar-refractivity contribution in [1.29, 1.82) is 0 Å². The van der Waals surface area contributed by atoms with Gasteiger partial charge in [0.25, 0.3) is 0 Å². The van der Waals surface area contributed by atoms with E-state index in [1.165, 1.54) is 36.0 Å². The first-order chi connectivity index (χ1) is 8.83. The monoisotopic (exact) mass is 277 g/mol. The summed E-state index contributed by atoms with van der Waals surface area (Å²) in [5.74, 6) is 0. The third-order valence-electron chi connectivity index (χ3n) is 3.66. The van der Waals surface area contributed by atoms with Gasteiger partial charge in [0, 0.05) is 24.8 Å². The summed E-state index contributed by atoms with van der Waals surface area (Å²) in [5, 5.41) is 7.79. The minimum absolute atomic E-state index is 0. The summed E-state index contributed by atoms with van der Waals surface area (Å²) in [5.41, 5.74) is 3.82. The van der Waals surface area contributed by atoms with Crippen LogP contribution >= 0.6 is 12.4 Å². The number of benzene rings is 1. The topological polar surface area (TPSA) is 29.9 Å². The molecular weight excluding hydrogens is 258 g/mol. The number of halogens is 1. The molecule has 1 N–H and O–H groups in total. The molecule has 0 amide bonds. The van der Waals surface area contributed by atoms with E-state index in [1.54, 1.807) is 0 Å². The number of hydrogen-bond donors (Lipinski definition) is 1. The molecule has 1 fully saturated rings. The third-order valence-corrected chi connectivity index (χ3v) is 3.66. The zero-order chi connectivity index (χ0) is 12.4. The molecule has 1 aromatic heterocycles. The van der Waals surface area contributed by atoms with Crippen LogP contribution in [0.4, 0.5) is 0 Å². The van der Waals surface area contributed by atoms with E-state index in [1.807, 2.05) is 24.1 Å². The van der Waals surface area contributed by atoms with Crippen molar-refractivity contribution in [2.45, 2.75) is 25.3 Å². The Bertz CT molecular complexity index is 512. The SMILES string of the molecule is Cl.Cn1cc(-c2ccc(C3CCCCN3)cc2)cn1. The molecule has 0 aliphatic carbocycles. The van der Waals surface area contributed by atoms with Gasteiger partial charge in [-0.2, -0.15) is 5.10 Å². The number of aromatic nitrogens is 2. The second-order valence-corrected chi connectivity index (χ2v) is 5.03. The maximum absolute atomic E-state index is 4.21. The molecule has 3 nitrogen and oxygen atoms in total. The van der Waals surface area contributed by atoms with Crippen molar-refractivity contribution in [3.8, 4) is 11.1 Å². The highest BCUT2D eigenvalue weighted by Gasteiger charge is 2.14. The summed E-state index contributed by atoms with van der Waals surface area (Å²) >= 11 is 0. The molecule has 1 unspecified atom stereocenters. The zero-order valence-electron chi connectivity index (χ0n) is 11.2. The van der Waals surface area contributed by atoms with E-state index >= 15 is 0 Å². The first-order valence-corrected chi connectivity index (χ1v) is 6.65. The van der Waals surface area contributed by atoms with Crippen LogP contribution in [0.5, 0.6) is 0 Å². The molecule has 4 heteroatoms. The summed E-state index contributed by atoms with van der Waals surface area (Å²) in [6.45, 7) is 1.15. The van der Waals surface area contributed by atoms with Gasteiger partial charge in [0.2, 0.25) is 0 Å². The Morgan fingerprint density at radius 2 is 1.95 bits per heavy atom. The second kappa shape index (κ2) is 6.22. The van der Waals surface area contributed by atoms with Gasteiger partial charge in [0.15, 0.2) is 0 Å². The Hall–Kier alpha value is -1.32.